The van der Waals surface area contributed by atoms with E-state index in [-0.39, 0.29) is 18.8 Å². The van der Waals surface area contributed by atoms with Crippen molar-refractivity contribution in [2.45, 2.75) is 51.4 Å². The van der Waals surface area contributed by atoms with Gasteiger partial charge in [0.15, 0.2) is 0 Å². The van der Waals surface area contributed by atoms with E-state index < -0.39 is 11.8 Å². The van der Waals surface area contributed by atoms with E-state index in [1.165, 1.54) is 0 Å². The minimum atomic E-state index is -2.60. The number of hydrogen-bond donors (Lipinski definition) is 1. The van der Waals surface area contributed by atoms with Gasteiger partial charge >= 0.3 is 0 Å². The normalized spacial score (nSPS) is 18.5. The highest BCUT2D eigenvalue weighted by molar-refractivity contribution is 5.96. The fourth-order valence-corrected chi connectivity index (χ4v) is 2.88. The first-order valence-corrected chi connectivity index (χ1v) is 7.15. The number of aromatic nitrogens is 1. The molecule has 1 amide bonds. The third-order valence-corrected chi connectivity index (χ3v) is 3.99. The molecule has 1 aromatic rings. The molecule has 0 atom stereocenters. The van der Waals surface area contributed by atoms with Crippen molar-refractivity contribution in [3.05, 3.63) is 22.9 Å². The zero-order valence-corrected chi connectivity index (χ0v) is 12.3. The summed E-state index contributed by atoms with van der Waals surface area (Å²) in [6, 6.07) is 0. The van der Waals surface area contributed by atoms with Gasteiger partial charge in [0.25, 0.3) is 0 Å². The average Bonchev–Trinajstić information content (AvgIpc) is 2.41. The van der Waals surface area contributed by atoms with Crippen molar-refractivity contribution in [1.82, 2.24) is 4.98 Å². The van der Waals surface area contributed by atoms with E-state index in [9.17, 15) is 13.6 Å². The summed E-state index contributed by atoms with van der Waals surface area (Å²) in [5.41, 5.74) is 7.08. The molecule has 2 rings (SSSR count). The molecule has 0 spiro atoms. The van der Waals surface area contributed by atoms with Crippen LogP contribution in [0.15, 0.2) is 6.20 Å². The number of carbonyl (C=O) groups is 1. The molecule has 1 aliphatic carbocycles. The van der Waals surface area contributed by atoms with Crippen LogP contribution in [0.25, 0.3) is 0 Å². The lowest BCUT2D eigenvalue weighted by atomic mass is 9.80. The predicted octanol–water partition coefficient (Wildman–Crippen LogP) is 3.18. The fraction of sp³-hybridized carbons (Fsp3) is 0.600. The van der Waals surface area contributed by atoms with Crippen LogP contribution in [0.2, 0.25) is 0 Å². The molecule has 0 radical (unpaired) electrons. The Labute approximate surface area is 122 Å². The van der Waals surface area contributed by atoms with Gasteiger partial charge in [-0.2, -0.15) is 0 Å². The highest BCUT2D eigenvalue weighted by Gasteiger charge is 2.36. The molecule has 0 unspecified atom stereocenters. The molecule has 1 aliphatic rings. The summed E-state index contributed by atoms with van der Waals surface area (Å²) in [5, 5.41) is 0. The van der Waals surface area contributed by atoms with Crippen LogP contribution < -0.4 is 10.5 Å². The zero-order chi connectivity index (χ0) is 15.6. The molecule has 1 fully saturated rings. The van der Waals surface area contributed by atoms with E-state index in [4.69, 9.17) is 10.5 Å². The van der Waals surface area contributed by atoms with Crippen LogP contribution in [-0.4, -0.2) is 23.4 Å². The van der Waals surface area contributed by atoms with Crippen molar-refractivity contribution in [3.63, 3.8) is 0 Å². The van der Waals surface area contributed by atoms with Crippen molar-refractivity contribution in [3.8, 4) is 5.88 Å². The quantitative estimate of drug-likeness (QED) is 0.928. The number of halogens is 2. The Morgan fingerprint density at radius 1 is 1.48 bits per heavy atom. The van der Waals surface area contributed by atoms with Gasteiger partial charge in [0.2, 0.25) is 17.7 Å². The van der Waals surface area contributed by atoms with Gasteiger partial charge in [-0.1, -0.05) is 0 Å². The van der Waals surface area contributed by atoms with E-state index in [0.717, 1.165) is 0 Å². The van der Waals surface area contributed by atoms with Crippen molar-refractivity contribution >= 4 is 5.91 Å². The summed E-state index contributed by atoms with van der Waals surface area (Å²) in [7, 11) is 0. The van der Waals surface area contributed by atoms with E-state index in [2.05, 4.69) is 4.98 Å². The number of ether oxygens (including phenoxy) is 1. The number of nitrogens with two attached hydrogens (primary N) is 1. The van der Waals surface area contributed by atoms with Crippen LogP contribution in [0.3, 0.4) is 0 Å². The zero-order valence-electron chi connectivity index (χ0n) is 12.3. The Morgan fingerprint density at radius 2 is 2.10 bits per heavy atom. The van der Waals surface area contributed by atoms with Crippen molar-refractivity contribution in [1.29, 1.82) is 0 Å². The fourth-order valence-electron chi connectivity index (χ4n) is 2.88. The number of pyridine rings is 1. The number of primary amides is 1. The van der Waals surface area contributed by atoms with Gasteiger partial charge in [-0.3, -0.25) is 4.79 Å². The minimum Gasteiger partial charge on any atom is -0.478 e. The smallest absolute Gasteiger partial charge is 0.249 e. The summed E-state index contributed by atoms with van der Waals surface area (Å²) in [6.45, 7) is 3.97. The second-order valence-electron chi connectivity index (χ2n) is 5.45. The second kappa shape index (κ2) is 5.95. The van der Waals surface area contributed by atoms with Crippen LogP contribution in [0, 0.1) is 6.92 Å². The largest absolute Gasteiger partial charge is 0.478 e. The van der Waals surface area contributed by atoms with Crippen molar-refractivity contribution < 1.29 is 18.3 Å². The maximum absolute atomic E-state index is 13.3. The molecule has 0 saturated heterocycles. The first kappa shape index (κ1) is 15.7. The maximum Gasteiger partial charge on any atom is 0.249 e. The predicted molar refractivity (Wildman–Crippen MR) is 74.8 cm³/mol. The van der Waals surface area contributed by atoms with Gasteiger partial charge in [-0.15, -0.1) is 0 Å². The molecular weight excluding hydrogens is 278 g/mol. The standard InChI is InChI=1S/C15H20F2N2O2/c1-3-21-14-9(2)12(13(18)20)11(8-19-14)10-4-6-15(16,17)7-5-10/h8,10H,3-7H2,1-2H3,(H2,18,20). The lowest BCUT2D eigenvalue weighted by Gasteiger charge is -2.29. The molecule has 0 aliphatic heterocycles. The Kier molecular flexibility index (Phi) is 4.44. The Morgan fingerprint density at radius 3 is 2.62 bits per heavy atom. The van der Waals surface area contributed by atoms with Crippen LogP contribution in [0.5, 0.6) is 5.88 Å². The van der Waals surface area contributed by atoms with E-state index in [0.29, 0.717) is 42.0 Å². The molecule has 0 aromatic carbocycles. The summed E-state index contributed by atoms with van der Waals surface area (Å²) in [4.78, 5) is 16.0. The highest BCUT2D eigenvalue weighted by Crippen LogP contribution is 2.42. The van der Waals surface area contributed by atoms with Gasteiger partial charge in [0, 0.05) is 24.6 Å². The number of nitrogens with zero attached hydrogens (tertiary/aromatic N) is 1. The molecule has 116 valence electrons. The topological polar surface area (TPSA) is 65.2 Å². The summed E-state index contributed by atoms with van der Waals surface area (Å²) >= 11 is 0. The Bertz CT molecular complexity index is 537. The highest BCUT2D eigenvalue weighted by atomic mass is 19.3. The lowest BCUT2D eigenvalue weighted by Crippen LogP contribution is -2.26. The van der Waals surface area contributed by atoms with E-state index >= 15 is 0 Å². The Balaban J connectivity index is 2.36. The molecule has 1 heterocycles. The number of rotatable bonds is 4. The van der Waals surface area contributed by atoms with Crippen molar-refractivity contribution in [2.24, 2.45) is 5.73 Å². The monoisotopic (exact) mass is 298 g/mol. The van der Waals surface area contributed by atoms with Crippen molar-refractivity contribution in [2.75, 3.05) is 6.61 Å². The molecule has 1 aromatic heterocycles. The second-order valence-corrected chi connectivity index (χ2v) is 5.45. The molecule has 21 heavy (non-hydrogen) atoms. The Hall–Kier alpha value is -1.72. The third kappa shape index (κ3) is 3.31. The lowest BCUT2D eigenvalue weighted by molar-refractivity contribution is -0.0382. The summed E-state index contributed by atoms with van der Waals surface area (Å²) in [6.07, 6.45) is 1.89. The summed E-state index contributed by atoms with van der Waals surface area (Å²) in [5.74, 6) is -2.90. The van der Waals surface area contributed by atoms with Crippen LogP contribution >= 0.6 is 0 Å². The van der Waals surface area contributed by atoms with Gasteiger partial charge in [0.05, 0.1) is 12.2 Å². The van der Waals surface area contributed by atoms with Gasteiger partial charge in [0.1, 0.15) is 0 Å². The SMILES string of the molecule is CCOc1ncc(C2CCC(F)(F)CC2)c(C(N)=O)c1C. The summed E-state index contributed by atoms with van der Waals surface area (Å²) < 4.78 is 31.9. The molecule has 2 N–H and O–H groups in total. The maximum atomic E-state index is 13.3. The van der Waals surface area contributed by atoms with Gasteiger partial charge in [-0.25, -0.2) is 13.8 Å². The molecule has 6 heteroatoms. The van der Waals surface area contributed by atoms with Gasteiger partial charge < -0.3 is 10.5 Å². The van der Waals surface area contributed by atoms with Gasteiger partial charge in [-0.05, 0) is 38.2 Å². The number of alkyl halides is 2. The number of hydrogen-bond acceptors (Lipinski definition) is 3. The third-order valence-electron chi connectivity index (χ3n) is 3.99. The minimum absolute atomic E-state index is 0.103. The molecular formula is C15H20F2N2O2. The average molecular weight is 298 g/mol. The molecule has 0 bridgehead atoms. The van der Waals surface area contributed by atoms with E-state index in [1.807, 2.05) is 6.92 Å². The van der Waals surface area contributed by atoms with E-state index in [1.54, 1.807) is 13.1 Å². The van der Waals surface area contributed by atoms with Crippen LogP contribution in [0.4, 0.5) is 8.78 Å². The van der Waals surface area contributed by atoms with Crippen LogP contribution in [-0.2, 0) is 0 Å². The first-order chi connectivity index (χ1) is 9.85. The molecule has 1 saturated carbocycles. The van der Waals surface area contributed by atoms with Crippen LogP contribution in [0.1, 0.15) is 60.0 Å². The first-order valence-electron chi connectivity index (χ1n) is 7.15. The molecule has 4 nitrogen and oxygen atoms in total. The number of carbonyl (C=O) groups excluding carboxylic acids is 1. The number of amides is 1.